The van der Waals surface area contributed by atoms with Crippen LogP contribution in [0.25, 0.3) is 0 Å². The minimum Gasteiger partial charge on any atom is -0.480 e. The van der Waals surface area contributed by atoms with Crippen molar-refractivity contribution in [3.63, 3.8) is 0 Å². The maximum Gasteiger partial charge on any atom is 0.457 e. The predicted octanol–water partition coefficient (Wildman–Crippen LogP) is 6.91. The van der Waals surface area contributed by atoms with Crippen LogP contribution in [0.1, 0.15) is 65.4 Å². The van der Waals surface area contributed by atoms with E-state index in [9.17, 15) is 14.7 Å². The van der Waals surface area contributed by atoms with Crippen molar-refractivity contribution >= 4 is 48.1 Å². The molecule has 0 radical (unpaired) electrons. The average Bonchev–Trinajstić information content (AvgIpc) is 3.21. The molecule has 2 N–H and O–H groups in total. The number of anilines is 1. The molecule has 9 nitrogen and oxygen atoms in total. The fourth-order valence-corrected chi connectivity index (χ4v) is 6.10. The molecule has 2 heterocycles. The van der Waals surface area contributed by atoms with Crippen molar-refractivity contribution in [2.75, 3.05) is 37.6 Å². The number of halogens is 2. The van der Waals surface area contributed by atoms with Crippen molar-refractivity contribution in [1.29, 1.82) is 0 Å². The highest BCUT2D eigenvalue weighted by Gasteiger charge is 2.50. The number of carbonyl (C=O) groups excluding carboxylic acids is 1. The summed E-state index contributed by atoms with van der Waals surface area (Å²) in [6, 6.07) is 15.0. The predicted molar refractivity (Wildman–Crippen MR) is 179 cm³/mol. The minimum absolute atomic E-state index is 0.0629. The molecule has 2 saturated heterocycles. The van der Waals surface area contributed by atoms with Gasteiger partial charge in [0, 0.05) is 31.9 Å². The van der Waals surface area contributed by atoms with Crippen molar-refractivity contribution in [2.24, 2.45) is 0 Å². The molecule has 2 aromatic carbocycles. The van der Waals surface area contributed by atoms with Crippen LogP contribution in [0.4, 0.5) is 10.5 Å². The van der Waals surface area contributed by atoms with Crippen LogP contribution in [0.3, 0.4) is 0 Å². The number of hydrogen-bond donors (Lipinski definition) is 2. The maximum absolute atomic E-state index is 12.9. The van der Waals surface area contributed by atoms with Gasteiger partial charge in [-0.1, -0.05) is 66.4 Å². The summed E-state index contributed by atoms with van der Waals surface area (Å²) in [4.78, 5) is 30.4. The zero-order chi connectivity index (χ0) is 32.7. The van der Waals surface area contributed by atoms with Crippen LogP contribution < -0.4 is 10.2 Å². The Morgan fingerprint density at radius 2 is 1.58 bits per heavy atom. The van der Waals surface area contributed by atoms with E-state index in [4.69, 9.17) is 37.2 Å². The quantitative estimate of drug-likeness (QED) is 0.166. The Morgan fingerprint density at radius 1 is 0.933 bits per heavy atom. The van der Waals surface area contributed by atoms with Gasteiger partial charge >= 0.3 is 19.2 Å². The van der Waals surface area contributed by atoms with Gasteiger partial charge in [-0.2, -0.15) is 0 Å². The molecule has 4 rings (SSSR count). The van der Waals surface area contributed by atoms with Crippen LogP contribution in [0.5, 0.6) is 0 Å². The Hall–Kier alpha value is -2.50. The number of carboxylic acid groups (broad SMARTS) is 1. The van der Waals surface area contributed by atoms with Crippen molar-refractivity contribution in [3.8, 4) is 0 Å². The monoisotopic (exact) mass is 661 g/mol. The molecule has 45 heavy (non-hydrogen) atoms. The molecule has 1 atom stereocenters. The number of piperazine rings is 1. The maximum atomic E-state index is 12.9. The van der Waals surface area contributed by atoms with E-state index in [0.29, 0.717) is 35.6 Å². The molecule has 0 aromatic heterocycles. The zero-order valence-corrected chi connectivity index (χ0v) is 28.3. The normalized spacial score (nSPS) is 19.2. The Balaban J connectivity index is 1.33. The smallest absolute Gasteiger partial charge is 0.457 e. The summed E-state index contributed by atoms with van der Waals surface area (Å²) >= 11 is 12.3. The van der Waals surface area contributed by atoms with Crippen molar-refractivity contribution < 1.29 is 28.7 Å². The van der Waals surface area contributed by atoms with Gasteiger partial charge < -0.3 is 29.4 Å². The first-order chi connectivity index (χ1) is 21.3. The van der Waals surface area contributed by atoms with Gasteiger partial charge in [0.25, 0.3) is 0 Å². The van der Waals surface area contributed by atoms with E-state index in [1.165, 1.54) is 0 Å². The number of carboxylic acids is 1. The van der Waals surface area contributed by atoms with Crippen LogP contribution in [0.2, 0.25) is 16.4 Å². The van der Waals surface area contributed by atoms with E-state index in [1.54, 1.807) is 0 Å². The largest absolute Gasteiger partial charge is 0.480 e. The van der Waals surface area contributed by atoms with Crippen LogP contribution in [-0.2, 0) is 25.4 Å². The summed E-state index contributed by atoms with van der Waals surface area (Å²) in [6.45, 7) is 12.2. The number of carbonyl (C=O) groups is 2. The Morgan fingerprint density at radius 3 is 2.20 bits per heavy atom. The third kappa shape index (κ3) is 9.52. The summed E-state index contributed by atoms with van der Waals surface area (Å²) in [7, 11) is -0.347. The van der Waals surface area contributed by atoms with E-state index in [-0.39, 0.29) is 26.6 Å². The summed E-state index contributed by atoms with van der Waals surface area (Å²) < 4.78 is 17.7. The van der Waals surface area contributed by atoms with Gasteiger partial charge in [0.05, 0.1) is 21.2 Å². The molecule has 0 bridgehead atoms. The van der Waals surface area contributed by atoms with Crippen molar-refractivity contribution in [3.05, 3.63) is 64.1 Å². The first kappa shape index (κ1) is 35.4. The molecule has 0 spiro atoms. The summed E-state index contributed by atoms with van der Waals surface area (Å²) in [5.41, 5.74) is -0.422. The molecular weight excluding hydrogens is 616 g/mol. The van der Waals surface area contributed by atoms with Crippen LogP contribution in [-0.4, -0.2) is 78.7 Å². The van der Waals surface area contributed by atoms with Crippen LogP contribution >= 0.6 is 23.2 Å². The average molecular weight is 662 g/mol. The molecule has 2 aliphatic heterocycles. The number of alkyl carbamates (subject to hydrolysis) is 1. The second-order valence-corrected chi connectivity index (χ2v) is 13.9. The van der Waals surface area contributed by atoms with E-state index in [2.05, 4.69) is 15.1 Å². The van der Waals surface area contributed by atoms with Crippen LogP contribution in [0.15, 0.2) is 48.5 Å². The molecule has 1 amide bonds. The van der Waals surface area contributed by atoms with Gasteiger partial charge in [-0.05, 0) is 83.6 Å². The molecule has 12 heteroatoms. The fourth-order valence-electron chi connectivity index (χ4n) is 5.81. The first-order valence-corrected chi connectivity index (χ1v) is 16.6. The van der Waals surface area contributed by atoms with Crippen molar-refractivity contribution in [1.82, 2.24) is 10.2 Å². The molecule has 2 aliphatic rings. The number of ether oxygens (including phenoxy) is 1. The lowest BCUT2D eigenvalue weighted by molar-refractivity contribution is -0.145. The zero-order valence-electron chi connectivity index (χ0n) is 26.8. The summed E-state index contributed by atoms with van der Waals surface area (Å²) in [6.07, 6.45) is 2.35. The third-order valence-corrected chi connectivity index (χ3v) is 10.0. The molecule has 2 fully saturated rings. The molecule has 0 saturated carbocycles. The van der Waals surface area contributed by atoms with Gasteiger partial charge in [0.1, 0.15) is 12.1 Å². The van der Waals surface area contributed by atoms with Gasteiger partial charge in [-0.15, -0.1) is 0 Å². The second kappa shape index (κ2) is 15.4. The number of aliphatic carboxylic acids is 1. The van der Waals surface area contributed by atoms with E-state index >= 15 is 0 Å². The van der Waals surface area contributed by atoms with Gasteiger partial charge in [0.2, 0.25) is 0 Å². The highest BCUT2D eigenvalue weighted by molar-refractivity contribution is 6.45. The Bertz CT molecular complexity index is 1280. The lowest BCUT2D eigenvalue weighted by Gasteiger charge is -2.37. The molecule has 1 unspecified atom stereocenters. The van der Waals surface area contributed by atoms with E-state index in [1.807, 2.05) is 76.2 Å². The SMILES string of the molecule is CC1(C)OB(CCCCC(CCCN2CCN(c3ccc(Cl)c(Cl)c3)CC2)(NC(=O)OCc2ccccc2)C(=O)O)OC1(C)C. The first-order valence-electron chi connectivity index (χ1n) is 15.8. The van der Waals surface area contributed by atoms with Gasteiger partial charge in [0.15, 0.2) is 0 Å². The topological polar surface area (TPSA) is 101 Å². The number of amides is 1. The fraction of sp³-hybridized carbons (Fsp3) is 0.576. The third-order valence-electron chi connectivity index (χ3n) is 9.28. The van der Waals surface area contributed by atoms with Crippen LogP contribution in [0, 0.1) is 0 Å². The lowest BCUT2D eigenvalue weighted by Crippen LogP contribution is -2.55. The van der Waals surface area contributed by atoms with Gasteiger partial charge in [-0.3, -0.25) is 4.90 Å². The highest BCUT2D eigenvalue weighted by Crippen LogP contribution is 2.38. The summed E-state index contributed by atoms with van der Waals surface area (Å²) in [5.74, 6) is -1.06. The van der Waals surface area contributed by atoms with Gasteiger partial charge in [-0.25, -0.2) is 9.59 Å². The second-order valence-electron chi connectivity index (χ2n) is 13.0. The van der Waals surface area contributed by atoms with Crippen molar-refractivity contribution in [2.45, 2.75) is 89.5 Å². The Labute approximate surface area is 277 Å². The number of unbranched alkanes of at least 4 members (excludes halogenated alkanes) is 1. The number of rotatable bonds is 14. The molecule has 0 aliphatic carbocycles. The van der Waals surface area contributed by atoms with E-state index < -0.39 is 28.8 Å². The Kier molecular flexibility index (Phi) is 12.1. The molecular formula is C33H46BCl2N3O6. The number of nitrogens with one attached hydrogen (secondary N) is 1. The number of benzene rings is 2. The highest BCUT2D eigenvalue weighted by atomic mass is 35.5. The molecule has 246 valence electrons. The standard InChI is InChI=1S/C33H46BCl2N3O6/c1-31(2)32(3,4)45-34(44-31)17-9-8-15-33(29(40)41,37-30(42)43-24-25-11-6-5-7-12-25)16-10-18-38-19-21-39(22-20-38)26-13-14-27(35)28(36)23-26/h5-7,11-14,23H,8-10,15-22,24H2,1-4H3,(H,37,42)(H,40,41). The van der Waals surface area contributed by atoms with E-state index in [0.717, 1.165) is 44.0 Å². The lowest BCUT2D eigenvalue weighted by atomic mass is 9.80. The number of nitrogens with zero attached hydrogens (tertiary/aromatic N) is 2. The minimum atomic E-state index is -1.45. The number of hydrogen-bond acceptors (Lipinski definition) is 7. The summed E-state index contributed by atoms with van der Waals surface area (Å²) in [5, 5.41) is 14.3. The molecule has 2 aromatic rings.